The summed E-state index contributed by atoms with van der Waals surface area (Å²) in [6.45, 7) is 23.8. The van der Waals surface area contributed by atoms with Gasteiger partial charge in [-0.1, -0.05) is 221 Å². The summed E-state index contributed by atoms with van der Waals surface area (Å²) in [5.41, 5.74) is 0. The van der Waals surface area contributed by atoms with Crippen molar-refractivity contribution in [3.63, 3.8) is 0 Å². The van der Waals surface area contributed by atoms with Gasteiger partial charge in [0, 0.05) is 52.4 Å². The van der Waals surface area contributed by atoms with Crippen molar-refractivity contribution < 1.29 is 14.7 Å². The van der Waals surface area contributed by atoms with Gasteiger partial charge in [0.2, 0.25) is 12.3 Å². The van der Waals surface area contributed by atoms with Crippen LogP contribution in [0.4, 0.5) is 0 Å². The van der Waals surface area contributed by atoms with Crippen LogP contribution in [-0.4, -0.2) is 134 Å². The third-order valence-electron chi connectivity index (χ3n) is 13.5. The van der Waals surface area contributed by atoms with Crippen molar-refractivity contribution in [2.45, 2.75) is 253 Å². The second-order valence-corrected chi connectivity index (χ2v) is 19.4. The molecule has 0 aliphatic carbocycles. The molecule has 63 heavy (non-hydrogen) atoms. The minimum atomic E-state index is 0.245. The van der Waals surface area contributed by atoms with Gasteiger partial charge < -0.3 is 24.7 Å². The fourth-order valence-electron chi connectivity index (χ4n) is 9.03. The molecule has 2 amide bonds. The molecule has 8 heteroatoms. The molecule has 376 valence electrons. The van der Waals surface area contributed by atoms with E-state index in [9.17, 15) is 9.59 Å². The Morgan fingerprint density at radius 2 is 0.698 bits per heavy atom. The molecule has 0 atom stereocenters. The molecule has 0 bridgehead atoms. The van der Waals surface area contributed by atoms with Gasteiger partial charge in [0.05, 0.1) is 6.54 Å². The molecule has 0 aromatic carbocycles. The third kappa shape index (κ3) is 41.9. The molecule has 1 N–H and O–H groups in total. The monoisotopic (exact) mass is 892 g/mol. The summed E-state index contributed by atoms with van der Waals surface area (Å²) < 4.78 is 0. The number of amides is 2. The lowest BCUT2D eigenvalue weighted by Gasteiger charge is -2.34. The van der Waals surface area contributed by atoms with Gasteiger partial charge in [0.15, 0.2) is 0 Å². The summed E-state index contributed by atoms with van der Waals surface area (Å²) in [6, 6.07) is 0. The number of hydrogen-bond acceptors (Lipinski definition) is 6. The van der Waals surface area contributed by atoms with E-state index in [4.69, 9.17) is 5.11 Å². The quantitative estimate of drug-likeness (QED) is 0.0485. The number of hydrogen-bond donors (Lipinski definition) is 1. The van der Waals surface area contributed by atoms with E-state index in [0.717, 1.165) is 45.6 Å². The average Bonchev–Trinajstić information content (AvgIpc) is 3.30. The number of carbonyl (C=O) groups is 2. The molecule has 1 fully saturated rings. The van der Waals surface area contributed by atoms with Crippen LogP contribution >= 0.6 is 0 Å². The first-order chi connectivity index (χ1) is 31.0. The first-order valence-electron chi connectivity index (χ1n) is 28.2. The highest BCUT2D eigenvalue weighted by atomic mass is 16.3. The Balaban J connectivity index is 0.00000154. The van der Waals surface area contributed by atoms with E-state index in [0.29, 0.717) is 39.3 Å². The summed E-state index contributed by atoms with van der Waals surface area (Å²) in [5.74, 6) is 0.245. The number of nitrogens with zero attached hydrogens (tertiary/aromatic N) is 5. The smallest absolute Gasteiger partial charge is 0.236 e. The Labute approximate surface area is 394 Å². The maximum atomic E-state index is 13.3. The Kier molecular flexibility index (Phi) is 49.2. The van der Waals surface area contributed by atoms with Gasteiger partial charge >= 0.3 is 0 Å². The van der Waals surface area contributed by atoms with Crippen molar-refractivity contribution in [3.05, 3.63) is 0 Å². The van der Waals surface area contributed by atoms with E-state index in [-0.39, 0.29) is 5.91 Å². The van der Waals surface area contributed by atoms with Crippen LogP contribution in [0.15, 0.2) is 0 Å². The zero-order chi connectivity index (χ0) is 46.1. The molecule has 0 spiro atoms. The van der Waals surface area contributed by atoms with Crippen molar-refractivity contribution in [1.82, 2.24) is 24.5 Å². The summed E-state index contributed by atoms with van der Waals surface area (Å²) in [6.07, 6.45) is 47.0. The number of piperazine rings is 1. The zero-order valence-electron chi connectivity index (χ0n) is 43.5. The van der Waals surface area contributed by atoms with Crippen LogP contribution in [-0.2, 0) is 9.59 Å². The van der Waals surface area contributed by atoms with Gasteiger partial charge in [0.1, 0.15) is 0 Å². The summed E-state index contributed by atoms with van der Waals surface area (Å²) in [4.78, 5) is 35.8. The van der Waals surface area contributed by atoms with E-state index in [1.807, 2.05) is 4.90 Å². The van der Waals surface area contributed by atoms with Gasteiger partial charge in [-0.25, -0.2) is 0 Å². The predicted molar refractivity (Wildman–Crippen MR) is 276 cm³/mol. The molecule has 1 aliphatic heterocycles. The van der Waals surface area contributed by atoms with Crippen LogP contribution in [0.5, 0.6) is 0 Å². The van der Waals surface area contributed by atoms with Crippen LogP contribution in [0.25, 0.3) is 0 Å². The second kappa shape index (κ2) is 50.2. The van der Waals surface area contributed by atoms with Crippen molar-refractivity contribution in [3.8, 4) is 0 Å². The Bertz CT molecular complexity index is 899. The molecule has 8 nitrogen and oxygen atoms in total. The van der Waals surface area contributed by atoms with Crippen LogP contribution < -0.4 is 0 Å². The number of carbonyl (C=O) groups excluding carboxylic acids is 2. The first kappa shape index (κ1) is 61.8. The largest absolute Gasteiger partial charge is 0.396 e. The number of aliphatic hydroxyl groups is 1. The summed E-state index contributed by atoms with van der Waals surface area (Å²) in [5, 5.41) is 8.86. The molecule has 0 radical (unpaired) electrons. The van der Waals surface area contributed by atoms with E-state index in [2.05, 4.69) is 49.3 Å². The van der Waals surface area contributed by atoms with Crippen molar-refractivity contribution in [2.24, 2.45) is 0 Å². The second-order valence-electron chi connectivity index (χ2n) is 19.4. The highest BCUT2D eigenvalue weighted by Gasteiger charge is 2.22. The number of unbranched alkanes of at least 4 members (excludes halogenated alkanes) is 29. The van der Waals surface area contributed by atoms with Gasteiger partial charge in [0.25, 0.3) is 0 Å². The van der Waals surface area contributed by atoms with Crippen molar-refractivity contribution in [2.75, 3.05) is 91.7 Å². The minimum absolute atomic E-state index is 0.245. The van der Waals surface area contributed by atoms with Gasteiger partial charge in [-0.05, 0) is 64.8 Å². The maximum Gasteiger partial charge on any atom is 0.236 e. The lowest BCUT2D eigenvalue weighted by Crippen LogP contribution is -2.51. The van der Waals surface area contributed by atoms with Gasteiger partial charge in [-0.15, -0.1) is 0 Å². The summed E-state index contributed by atoms with van der Waals surface area (Å²) >= 11 is 0. The number of aliphatic hydroxyl groups excluding tert-OH is 1. The van der Waals surface area contributed by atoms with E-state index < -0.39 is 0 Å². The summed E-state index contributed by atoms with van der Waals surface area (Å²) in [7, 11) is 0. The predicted octanol–water partition coefficient (Wildman–Crippen LogP) is 13.5. The molecule has 0 aromatic rings. The topological polar surface area (TPSA) is 70.6 Å². The molecule has 0 aromatic heterocycles. The Morgan fingerprint density at radius 1 is 0.397 bits per heavy atom. The van der Waals surface area contributed by atoms with E-state index in [1.54, 1.807) is 4.90 Å². The van der Waals surface area contributed by atoms with E-state index >= 15 is 0 Å². The third-order valence-corrected chi connectivity index (χ3v) is 13.5. The highest BCUT2D eigenvalue weighted by molar-refractivity contribution is 5.78. The minimum Gasteiger partial charge on any atom is -0.396 e. The lowest BCUT2D eigenvalue weighted by atomic mass is 10.1. The highest BCUT2D eigenvalue weighted by Crippen LogP contribution is 2.14. The average molecular weight is 893 g/mol. The lowest BCUT2D eigenvalue weighted by molar-refractivity contribution is -0.136. The zero-order valence-corrected chi connectivity index (χ0v) is 43.5. The normalized spacial score (nSPS) is 13.1. The molecule has 0 unspecified atom stereocenters. The van der Waals surface area contributed by atoms with E-state index in [1.165, 1.54) is 232 Å². The molecular weight excluding hydrogens is 779 g/mol. The Morgan fingerprint density at radius 3 is 1.03 bits per heavy atom. The molecule has 1 saturated heterocycles. The first-order valence-corrected chi connectivity index (χ1v) is 28.2. The number of rotatable bonds is 47. The van der Waals surface area contributed by atoms with Gasteiger partial charge in [-0.3, -0.25) is 14.5 Å². The fourth-order valence-corrected chi connectivity index (χ4v) is 9.03. The maximum absolute atomic E-state index is 13.3. The molecule has 1 rings (SSSR count). The SMILES string of the molecule is CCCCCCCCCCCCCCN(CC)CCCO.CCCCCCCCCN(CCCCCCCCC)CCN(CCCCCCCCC)CC(=O)N1CCN(C=O)CC1. The van der Waals surface area contributed by atoms with Crippen LogP contribution in [0, 0.1) is 0 Å². The van der Waals surface area contributed by atoms with Crippen molar-refractivity contribution in [1.29, 1.82) is 0 Å². The van der Waals surface area contributed by atoms with Crippen LogP contribution in [0.1, 0.15) is 253 Å². The molecule has 0 saturated carbocycles. The van der Waals surface area contributed by atoms with Crippen LogP contribution in [0.3, 0.4) is 0 Å². The fraction of sp³-hybridized carbons (Fsp3) is 0.964. The van der Waals surface area contributed by atoms with Gasteiger partial charge in [-0.2, -0.15) is 0 Å². The Hall–Kier alpha value is -1.22. The molecule has 1 heterocycles. The molecule has 1 aliphatic rings. The van der Waals surface area contributed by atoms with Crippen LogP contribution in [0.2, 0.25) is 0 Å². The molecular formula is C55H113N5O3. The standard InChI is InChI=1S/C36H72N4O2.C19H41NO/c1-4-7-10-13-16-19-22-25-37(26-23-20-17-14-11-8-5-2)28-29-38(27-24-21-18-15-12-9-6-3)34-36(42)40-32-30-39(35-41)31-33-40;1-3-5-6-7-8-9-10-11-12-13-14-15-17-20(4-2)18-16-19-21/h35H,4-34H2,1-3H3;21H,3-19H2,1-2H3. The van der Waals surface area contributed by atoms with Crippen molar-refractivity contribution >= 4 is 12.3 Å².